The van der Waals surface area contributed by atoms with Crippen LogP contribution in [0.2, 0.25) is 0 Å². The molecule has 0 amide bonds. The summed E-state index contributed by atoms with van der Waals surface area (Å²) >= 11 is 1.12. The molecule has 8 heteroatoms. The fourth-order valence-corrected chi connectivity index (χ4v) is 3.96. The molecule has 0 fully saturated rings. The Bertz CT molecular complexity index is 1380. The number of benzene rings is 2. The SMILES string of the molecule is CCCCOc1ccc(C=c2sc3nc(=O)c(-c4ccccc4)nn3c2=O)cc1OC. The second-order valence-corrected chi connectivity index (χ2v) is 7.86. The minimum atomic E-state index is -0.464. The van der Waals surface area contributed by atoms with Crippen LogP contribution < -0.4 is 25.1 Å². The minimum Gasteiger partial charge on any atom is -0.493 e. The van der Waals surface area contributed by atoms with E-state index in [-0.39, 0.29) is 16.2 Å². The van der Waals surface area contributed by atoms with E-state index in [4.69, 9.17) is 9.47 Å². The van der Waals surface area contributed by atoms with Gasteiger partial charge in [-0.05, 0) is 30.2 Å². The number of aromatic nitrogens is 3. The fraction of sp³-hybridized carbons (Fsp3) is 0.217. The standard InChI is InChI=1S/C23H21N3O4S/c1-3-4-12-30-17-11-10-15(13-18(17)29-2)14-19-22(28)26-23(31-19)24-21(27)20(25-26)16-8-6-5-7-9-16/h5-11,13-14H,3-4,12H2,1-2H3. The first-order valence-electron chi connectivity index (χ1n) is 9.92. The molecule has 0 aliphatic carbocycles. The first-order chi connectivity index (χ1) is 15.1. The van der Waals surface area contributed by atoms with Gasteiger partial charge >= 0.3 is 5.56 Å². The third-order valence-corrected chi connectivity index (χ3v) is 5.63. The zero-order chi connectivity index (χ0) is 21.8. The van der Waals surface area contributed by atoms with E-state index >= 15 is 0 Å². The maximum absolute atomic E-state index is 12.9. The lowest BCUT2D eigenvalue weighted by Gasteiger charge is -2.10. The summed E-state index contributed by atoms with van der Waals surface area (Å²) in [5, 5.41) is 4.27. The number of ether oxygens (including phenoxy) is 2. The molecule has 7 nitrogen and oxygen atoms in total. The molecule has 4 aromatic rings. The van der Waals surface area contributed by atoms with Crippen LogP contribution in [0.3, 0.4) is 0 Å². The molecule has 0 atom stereocenters. The lowest BCUT2D eigenvalue weighted by Crippen LogP contribution is -2.26. The first-order valence-corrected chi connectivity index (χ1v) is 10.7. The van der Waals surface area contributed by atoms with Gasteiger partial charge in [0, 0.05) is 5.56 Å². The van der Waals surface area contributed by atoms with E-state index in [1.165, 1.54) is 4.52 Å². The van der Waals surface area contributed by atoms with Crippen LogP contribution in [0.1, 0.15) is 25.3 Å². The summed E-state index contributed by atoms with van der Waals surface area (Å²) in [6, 6.07) is 14.5. The van der Waals surface area contributed by atoms with Gasteiger partial charge in [0.2, 0.25) is 4.96 Å². The van der Waals surface area contributed by atoms with Crippen molar-refractivity contribution in [2.75, 3.05) is 13.7 Å². The Labute approximate surface area is 182 Å². The van der Waals surface area contributed by atoms with Crippen molar-refractivity contribution >= 4 is 22.4 Å². The summed E-state index contributed by atoms with van der Waals surface area (Å²) in [4.78, 5) is 29.6. The van der Waals surface area contributed by atoms with E-state index < -0.39 is 5.56 Å². The Morgan fingerprint density at radius 2 is 1.90 bits per heavy atom. The van der Waals surface area contributed by atoms with Crippen molar-refractivity contribution in [3.63, 3.8) is 0 Å². The summed E-state index contributed by atoms with van der Waals surface area (Å²) in [5.41, 5.74) is 0.750. The van der Waals surface area contributed by atoms with Crippen molar-refractivity contribution in [2.45, 2.75) is 19.8 Å². The van der Waals surface area contributed by atoms with Gasteiger partial charge < -0.3 is 9.47 Å². The molecule has 0 saturated heterocycles. The van der Waals surface area contributed by atoms with Crippen LogP contribution in [-0.2, 0) is 0 Å². The molecule has 0 saturated carbocycles. The Kier molecular flexibility index (Phi) is 6.08. The Hall–Kier alpha value is -3.52. The molecule has 0 bridgehead atoms. The highest BCUT2D eigenvalue weighted by Gasteiger charge is 2.13. The number of hydrogen-bond acceptors (Lipinski definition) is 7. The summed E-state index contributed by atoms with van der Waals surface area (Å²) in [5.74, 6) is 1.25. The van der Waals surface area contributed by atoms with Gasteiger partial charge in [0.25, 0.3) is 5.56 Å². The number of unbranched alkanes of at least 4 members (excludes halogenated alkanes) is 1. The Balaban J connectivity index is 1.75. The van der Waals surface area contributed by atoms with Crippen molar-refractivity contribution in [1.29, 1.82) is 0 Å². The van der Waals surface area contributed by atoms with Crippen molar-refractivity contribution < 1.29 is 9.47 Å². The minimum absolute atomic E-state index is 0.148. The number of methoxy groups -OCH3 is 1. The molecule has 4 rings (SSSR count). The molecular weight excluding hydrogens is 414 g/mol. The predicted octanol–water partition coefficient (Wildman–Crippen LogP) is 2.91. The van der Waals surface area contributed by atoms with Crippen molar-refractivity contribution in [3.8, 4) is 22.8 Å². The molecule has 2 aromatic carbocycles. The van der Waals surface area contributed by atoms with Crippen molar-refractivity contribution in [2.24, 2.45) is 0 Å². The normalized spacial score (nSPS) is 11.7. The highest BCUT2D eigenvalue weighted by Crippen LogP contribution is 2.28. The van der Waals surface area contributed by atoms with Crippen LogP contribution in [0.15, 0.2) is 58.1 Å². The molecule has 2 aromatic heterocycles. The topological polar surface area (TPSA) is 82.8 Å². The van der Waals surface area contributed by atoms with Gasteiger partial charge in [0.05, 0.1) is 18.2 Å². The Morgan fingerprint density at radius 1 is 1.10 bits per heavy atom. The molecule has 0 N–H and O–H groups in total. The average molecular weight is 436 g/mol. The number of hydrogen-bond donors (Lipinski definition) is 0. The van der Waals surface area contributed by atoms with Crippen LogP contribution in [-0.4, -0.2) is 28.3 Å². The smallest absolute Gasteiger partial charge is 0.300 e. The molecule has 2 heterocycles. The molecule has 31 heavy (non-hydrogen) atoms. The molecule has 0 radical (unpaired) electrons. The number of rotatable bonds is 7. The third kappa shape index (κ3) is 4.34. The average Bonchev–Trinajstić information content (AvgIpc) is 3.08. The van der Waals surface area contributed by atoms with Gasteiger partial charge in [-0.15, -0.1) is 0 Å². The maximum Gasteiger partial charge on any atom is 0.300 e. The monoisotopic (exact) mass is 435 g/mol. The van der Waals surface area contributed by atoms with Crippen LogP contribution in [0, 0.1) is 0 Å². The van der Waals surface area contributed by atoms with Gasteiger partial charge in [-0.1, -0.05) is 61.1 Å². The summed E-state index contributed by atoms with van der Waals surface area (Å²) in [6.45, 7) is 2.72. The number of fused-ring (bicyclic) bond motifs is 1. The largest absolute Gasteiger partial charge is 0.493 e. The summed E-state index contributed by atoms with van der Waals surface area (Å²) in [7, 11) is 1.58. The van der Waals surface area contributed by atoms with Crippen LogP contribution in [0.25, 0.3) is 22.3 Å². The highest BCUT2D eigenvalue weighted by atomic mass is 32.1. The van der Waals surface area contributed by atoms with E-state index in [1.807, 2.05) is 24.3 Å². The predicted molar refractivity (Wildman–Crippen MR) is 121 cm³/mol. The van der Waals surface area contributed by atoms with Gasteiger partial charge in [-0.3, -0.25) is 9.59 Å². The number of nitrogens with zero attached hydrogens (tertiary/aromatic N) is 3. The van der Waals surface area contributed by atoms with E-state index in [1.54, 1.807) is 37.5 Å². The van der Waals surface area contributed by atoms with Crippen molar-refractivity contribution in [3.05, 3.63) is 79.3 Å². The zero-order valence-corrected chi connectivity index (χ0v) is 18.0. The van der Waals surface area contributed by atoms with E-state index in [0.29, 0.717) is 28.2 Å². The van der Waals surface area contributed by atoms with Gasteiger partial charge in [-0.2, -0.15) is 14.6 Å². The zero-order valence-electron chi connectivity index (χ0n) is 17.2. The summed E-state index contributed by atoms with van der Waals surface area (Å²) in [6.07, 6.45) is 3.74. The quantitative estimate of drug-likeness (QED) is 0.415. The van der Waals surface area contributed by atoms with Crippen LogP contribution in [0.5, 0.6) is 11.5 Å². The maximum atomic E-state index is 12.9. The van der Waals surface area contributed by atoms with Gasteiger partial charge in [-0.25, -0.2) is 0 Å². The molecule has 0 unspecified atom stereocenters. The molecule has 0 aliphatic heterocycles. The Morgan fingerprint density at radius 3 is 2.65 bits per heavy atom. The second-order valence-electron chi connectivity index (χ2n) is 6.85. The van der Waals surface area contributed by atoms with Gasteiger partial charge in [0.15, 0.2) is 17.2 Å². The van der Waals surface area contributed by atoms with Crippen LogP contribution in [0.4, 0.5) is 0 Å². The molecule has 158 valence electrons. The van der Waals surface area contributed by atoms with Crippen molar-refractivity contribution in [1.82, 2.24) is 14.6 Å². The van der Waals surface area contributed by atoms with E-state index in [0.717, 1.165) is 29.7 Å². The van der Waals surface area contributed by atoms with Crippen LogP contribution >= 0.6 is 11.3 Å². The molecular formula is C23H21N3O4S. The van der Waals surface area contributed by atoms with Gasteiger partial charge in [0.1, 0.15) is 0 Å². The lowest BCUT2D eigenvalue weighted by molar-refractivity contribution is 0.288. The third-order valence-electron chi connectivity index (χ3n) is 4.67. The van der Waals surface area contributed by atoms with E-state index in [2.05, 4.69) is 17.0 Å². The number of thiazole rings is 1. The van der Waals surface area contributed by atoms with E-state index in [9.17, 15) is 9.59 Å². The first kappa shape index (κ1) is 20.7. The molecule has 0 spiro atoms. The fourth-order valence-electron chi connectivity index (χ4n) is 3.06. The lowest BCUT2D eigenvalue weighted by atomic mass is 10.2. The summed E-state index contributed by atoms with van der Waals surface area (Å²) < 4.78 is 12.8. The molecule has 0 aliphatic rings. The highest BCUT2D eigenvalue weighted by molar-refractivity contribution is 7.15. The second kappa shape index (κ2) is 9.09.